The third kappa shape index (κ3) is 8.02. The van der Waals surface area contributed by atoms with Gasteiger partial charge in [-0.15, -0.1) is 0 Å². The Kier molecular flexibility index (Phi) is 9.09. The van der Waals surface area contributed by atoms with Gasteiger partial charge in [0, 0.05) is 11.9 Å². The van der Waals surface area contributed by atoms with E-state index in [-0.39, 0.29) is 24.3 Å². The molecule has 0 fully saturated rings. The third-order valence-electron chi connectivity index (χ3n) is 4.59. The number of carbonyl (C=O) groups is 3. The summed E-state index contributed by atoms with van der Waals surface area (Å²) in [5, 5.41) is 11.1. The summed E-state index contributed by atoms with van der Waals surface area (Å²) < 4.78 is 9.50. The number of aliphatic carboxylic acids is 1. The molecule has 0 amide bonds. The fourth-order valence-electron chi connectivity index (χ4n) is 2.78. The van der Waals surface area contributed by atoms with Crippen molar-refractivity contribution in [2.75, 3.05) is 0 Å². The van der Waals surface area contributed by atoms with Gasteiger partial charge in [-0.05, 0) is 75.9 Å². The summed E-state index contributed by atoms with van der Waals surface area (Å²) in [7, 11) is 0. The fraction of sp³-hybridized carbons (Fsp3) is 0.375. The monoisotopic (exact) mass is 663 g/mol. The highest BCUT2D eigenvalue weighted by Gasteiger charge is 2.27. The lowest BCUT2D eigenvalue weighted by atomic mass is 9.87. The van der Waals surface area contributed by atoms with E-state index < -0.39 is 12.8 Å². The molecule has 0 N–H and O–H groups in total. The lowest BCUT2D eigenvalue weighted by molar-refractivity contribution is -0.305. The van der Waals surface area contributed by atoms with Crippen LogP contribution < -0.4 is 14.6 Å². The van der Waals surface area contributed by atoms with Gasteiger partial charge in [0.1, 0.15) is 18.3 Å². The number of rotatable bonds is 9. The Bertz CT molecular complexity index is 882. The number of carbonyl (C=O) groups excluding carboxylic acids is 3. The lowest BCUT2D eigenvalue weighted by Gasteiger charge is -2.20. The maximum absolute atomic E-state index is 12.1. The molecule has 0 atom stereocenters. The van der Waals surface area contributed by atoms with Gasteiger partial charge in [0.2, 0.25) is 0 Å². The van der Waals surface area contributed by atoms with E-state index in [0.717, 1.165) is 11.1 Å². The van der Waals surface area contributed by atoms with E-state index in [9.17, 15) is 19.5 Å². The van der Waals surface area contributed by atoms with E-state index in [4.69, 9.17) is 9.47 Å². The van der Waals surface area contributed by atoms with Crippen LogP contribution in [0, 0.1) is 0 Å². The Morgan fingerprint density at radius 3 is 1.41 bits per heavy atom. The number of alkyl halides is 2. The molecule has 0 aliphatic rings. The molecular formula is C24H25I2O6-. The van der Waals surface area contributed by atoms with Crippen LogP contribution in [0.2, 0.25) is 0 Å². The number of carboxylic acids is 1. The van der Waals surface area contributed by atoms with Crippen LogP contribution in [0.3, 0.4) is 0 Å². The molecule has 32 heavy (non-hydrogen) atoms. The quantitative estimate of drug-likeness (QED) is 0.169. The molecule has 0 aliphatic carbocycles. The molecule has 0 aliphatic heterocycles. The summed E-state index contributed by atoms with van der Waals surface area (Å²) in [5.41, 5.74) is 1.75. The van der Waals surface area contributed by atoms with Gasteiger partial charge in [-0.1, -0.05) is 69.4 Å². The molecule has 2 rings (SSSR count). The van der Waals surface area contributed by atoms with Gasteiger partial charge in [0.15, 0.2) is 0 Å². The molecule has 172 valence electrons. The SMILES string of the molecule is CC(C)(I)C(=O)Oc1ccc(C(CCC(=O)[O-])c2ccc(OC(=O)C(C)(C)I)cc2)cc1. The average Bonchev–Trinajstić information content (AvgIpc) is 2.68. The highest BCUT2D eigenvalue weighted by Crippen LogP contribution is 2.32. The number of carboxylic acid groups (broad SMARTS) is 1. The normalized spacial score (nSPS) is 11.8. The number of hydrogen-bond donors (Lipinski definition) is 0. The van der Waals surface area contributed by atoms with Gasteiger partial charge >= 0.3 is 11.9 Å². The van der Waals surface area contributed by atoms with E-state index in [1.165, 1.54) is 0 Å². The molecule has 2 aromatic rings. The second kappa shape index (κ2) is 11.0. The van der Waals surface area contributed by atoms with Crippen LogP contribution in [0.25, 0.3) is 0 Å². The Morgan fingerprint density at radius 1 is 0.781 bits per heavy atom. The van der Waals surface area contributed by atoms with Crippen molar-refractivity contribution in [3.8, 4) is 11.5 Å². The first kappa shape index (κ1) is 26.6. The second-order valence-corrected chi connectivity index (χ2v) is 13.7. The molecular weight excluding hydrogens is 638 g/mol. The maximum Gasteiger partial charge on any atom is 0.326 e. The fourth-order valence-corrected chi connectivity index (χ4v) is 3.00. The van der Waals surface area contributed by atoms with Gasteiger partial charge in [0.25, 0.3) is 0 Å². The third-order valence-corrected chi connectivity index (χ3v) is 5.47. The van der Waals surface area contributed by atoms with Crippen LogP contribution in [-0.4, -0.2) is 24.8 Å². The Balaban J connectivity index is 2.23. The molecule has 0 bridgehead atoms. The molecule has 8 heteroatoms. The first-order valence-electron chi connectivity index (χ1n) is 9.99. The summed E-state index contributed by atoms with van der Waals surface area (Å²) in [4.78, 5) is 35.2. The number of esters is 2. The number of halogens is 2. The average molecular weight is 663 g/mol. The minimum Gasteiger partial charge on any atom is -0.550 e. The van der Waals surface area contributed by atoms with E-state index in [1.807, 2.05) is 69.4 Å². The van der Waals surface area contributed by atoms with Crippen LogP contribution in [0.15, 0.2) is 48.5 Å². The molecule has 0 saturated carbocycles. The van der Waals surface area contributed by atoms with Crippen LogP contribution >= 0.6 is 45.2 Å². The lowest BCUT2D eigenvalue weighted by Crippen LogP contribution is -2.29. The van der Waals surface area contributed by atoms with Gasteiger partial charge in [-0.25, -0.2) is 0 Å². The number of benzene rings is 2. The van der Waals surface area contributed by atoms with Crippen molar-refractivity contribution in [2.24, 2.45) is 0 Å². The van der Waals surface area contributed by atoms with Crippen molar-refractivity contribution >= 4 is 63.1 Å². The molecule has 0 saturated heterocycles. The topological polar surface area (TPSA) is 92.7 Å². The standard InChI is InChI=1S/C24H26I2O6/c1-23(2,25)21(29)31-17-9-5-15(6-10-17)19(13-14-20(27)28)16-7-11-18(12-8-16)32-22(30)24(3,4)26/h5-12,19H,13-14H2,1-4H3,(H,27,28)/p-1. The smallest absolute Gasteiger partial charge is 0.326 e. The van der Waals surface area contributed by atoms with Crippen LogP contribution in [-0.2, 0) is 14.4 Å². The Morgan fingerprint density at radius 2 is 1.12 bits per heavy atom. The molecule has 0 spiro atoms. The molecule has 0 unspecified atom stereocenters. The molecule has 2 aromatic carbocycles. The Labute approximate surface area is 215 Å². The van der Waals surface area contributed by atoms with Crippen molar-refractivity contribution in [3.05, 3.63) is 59.7 Å². The van der Waals surface area contributed by atoms with Gasteiger partial charge in [-0.3, -0.25) is 9.59 Å². The van der Waals surface area contributed by atoms with Crippen molar-refractivity contribution in [2.45, 2.75) is 53.3 Å². The molecule has 6 nitrogen and oxygen atoms in total. The van der Waals surface area contributed by atoms with E-state index in [0.29, 0.717) is 17.9 Å². The largest absolute Gasteiger partial charge is 0.550 e. The van der Waals surface area contributed by atoms with Crippen LogP contribution in [0.4, 0.5) is 0 Å². The van der Waals surface area contributed by atoms with E-state index in [2.05, 4.69) is 0 Å². The van der Waals surface area contributed by atoms with E-state index in [1.54, 1.807) is 52.0 Å². The zero-order chi connectivity index (χ0) is 24.1. The van der Waals surface area contributed by atoms with Crippen molar-refractivity contribution < 1.29 is 29.0 Å². The first-order chi connectivity index (χ1) is 14.8. The maximum atomic E-state index is 12.1. The summed E-state index contributed by atoms with van der Waals surface area (Å²) in [6.07, 6.45) is 0.229. The number of hydrogen-bond acceptors (Lipinski definition) is 6. The minimum absolute atomic E-state index is 0.107. The number of ether oxygens (including phenoxy) is 2. The highest BCUT2D eigenvalue weighted by molar-refractivity contribution is 14.1. The zero-order valence-corrected chi connectivity index (χ0v) is 22.6. The Hall–Kier alpha value is -1.69. The molecule has 0 radical (unpaired) electrons. The predicted octanol–water partition coefficient (Wildman–Crippen LogP) is 4.59. The first-order valence-corrected chi connectivity index (χ1v) is 12.2. The summed E-state index contributed by atoms with van der Waals surface area (Å²) in [6, 6.07) is 14.0. The predicted molar refractivity (Wildman–Crippen MR) is 136 cm³/mol. The van der Waals surface area contributed by atoms with Gasteiger partial charge in [-0.2, -0.15) is 0 Å². The molecule has 0 heterocycles. The van der Waals surface area contributed by atoms with Crippen molar-refractivity contribution in [1.82, 2.24) is 0 Å². The van der Waals surface area contributed by atoms with Crippen LogP contribution in [0.1, 0.15) is 57.6 Å². The molecule has 0 aromatic heterocycles. The second-order valence-electron chi connectivity index (χ2n) is 8.33. The van der Waals surface area contributed by atoms with E-state index >= 15 is 0 Å². The highest BCUT2D eigenvalue weighted by atomic mass is 127. The van der Waals surface area contributed by atoms with Gasteiger partial charge < -0.3 is 19.4 Å². The zero-order valence-electron chi connectivity index (χ0n) is 18.3. The van der Waals surface area contributed by atoms with Gasteiger partial charge in [0.05, 0.1) is 0 Å². The summed E-state index contributed by atoms with van der Waals surface area (Å²) in [5.74, 6) is -1.20. The summed E-state index contributed by atoms with van der Waals surface area (Å²) in [6.45, 7) is 7.06. The summed E-state index contributed by atoms with van der Waals surface area (Å²) >= 11 is 4.04. The minimum atomic E-state index is -1.13. The van der Waals surface area contributed by atoms with Crippen molar-refractivity contribution in [1.29, 1.82) is 0 Å². The van der Waals surface area contributed by atoms with Crippen molar-refractivity contribution in [3.63, 3.8) is 0 Å². The van der Waals surface area contributed by atoms with Crippen LogP contribution in [0.5, 0.6) is 11.5 Å².